The summed E-state index contributed by atoms with van der Waals surface area (Å²) < 4.78 is 5.27. The molecular weight excluding hydrogens is 224 g/mol. The average molecular weight is 250 g/mol. The van der Waals surface area contributed by atoms with Crippen molar-refractivity contribution in [3.05, 3.63) is 29.8 Å². The van der Waals surface area contributed by atoms with Crippen molar-refractivity contribution in [1.82, 2.24) is 5.32 Å². The first kappa shape index (κ1) is 15.0. The molecular formula is C15H26N2O. The average Bonchev–Trinajstić information content (AvgIpc) is 2.37. The molecule has 1 N–H and O–H groups in total. The van der Waals surface area contributed by atoms with E-state index >= 15 is 0 Å². The molecule has 0 fully saturated rings. The smallest absolute Gasteiger partial charge is 0.0633 e. The minimum Gasteiger partial charge on any atom is -0.383 e. The van der Waals surface area contributed by atoms with Gasteiger partial charge in [-0.1, -0.05) is 24.6 Å². The van der Waals surface area contributed by atoms with Gasteiger partial charge in [0.15, 0.2) is 0 Å². The number of ether oxygens (including phenoxy) is 1. The summed E-state index contributed by atoms with van der Waals surface area (Å²) in [6.07, 6.45) is 1.15. The number of anilines is 1. The monoisotopic (exact) mass is 250 g/mol. The summed E-state index contributed by atoms with van der Waals surface area (Å²) in [6.45, 7) is 7.03. The van der Waals surface area contributed by atoms with Gasteiger partial charge in [0, 0.05) is 32.4 Å². The molecule has 102 valence electrons. The molecule has 3 nitrogen and oxygen atoms in total. The zero-order valence-corrected chi connectivity index (χ0v) is 12.1. The summed E-state index contributed by atoms with van der Waals surface area (Å²) in [6, 6.07) is 9.01. The van der Waals surface area contributed by atoms with Crippen LogP contribution in [0.25, 0.3) is 0 Å². The third kappa shape index (κ3) is 5.07. The van der Waals surface area contributed by atoms with E-state index in [9.17, 15) is 0 Å². The molecule has 1 unspecified atom stereocenters. The fourth-order valence-electron chi connectivity index (χ4n) is 1.96. The molecule has 1 rings (SSSR count). The first-order chi connectivity index (χ1) is 8.67. The van der Waals surface area contributed by atoms with E-state index in [4.69, 9.17) is 4.74 Å². The molecule has 3 heteroatoms. The van der Waals surface area contributed by atoms with E-state index in [0.29, 0.717) is 6.04 Å². The largest absolute Gasteiger partial charge is 0.383 e. The van der Waals surface area contributed by atoms with Gasteiger partial charge in [-0.25, -0.2) is 0 Å². The second-order valence-corrected chi connectivity index (χ2v) is 4.82. The normalized spacial score (nSPS) is 12.4. The number of nitrogens with zero attached hydrogens (tertiary/aromatic N) is 1. The minimum absolute atomic E-state index is 0.376. The molecule has 0 aliphatic rings. The molecule has 0 spiro atoms. The Balaban J connectivity index is 2.53. The van der Waals surface area contributed by atoms with Crippen LogP contribution >= 0.6 is 0 Å². The van der Waals surface area contributed by atoms with Crippen molar-refractivity contribution >= 4 is 5.69 Å². The quantitative estimate of drug-likeness (QED) is 0.767. The predicted molar refractivity (Wildman–Crippen MR) is 78.4 cm³/mol. The van der Waals surface area contributed by atoms with Crippen molar-refractivity contribution in [1.29, 1.82) is 0 Å². The Bertz CT molecular complexity index is 324. The Labute approximate surface area is 111 Å². The molecule has 0 saturated carbocycles. The number of rotatable bonds is 8. The number of likely N-dealkylation sites (N-methyl/N-ethyl adjacent to an activating group) is 1. The summed E-state index contributed by atoms with van der Waals surface area (Å²) in [5, 5.41) is 3.52. The van der Waals surface area contributed by atoms with E-state index in [0.717, 1.165) is 26.1 Å². The minimum atomic E-state index is 0.376. The van der Waals surface area contributed by atoms with E-state index in [2.05, 4.69) is 55.4 Å². The molecule has 0 heterocycles. The zero-order chi connectivity index (χ0) is 13.4. The number of methoxy groups -OCH3 is 1. The highest BCUT2D eigenvalue weighted by Crippen LogP contribution is 2.13. The van der Waals surface area contributed by atoms with E-state index in [1.165, 1.54) is 11.3 Å². The Morgan fingerprint density at radius 1 is 1.28 bits per heavy atom. The van der Waals surface area contributed by atoms with E-state index in [1.807, 2.05) is 0 Å². The van der Waals surface area contributed by atoms with Gasteiger partial charge in [-0.2, -0.15) is 0 Å². The molecule has 18 heavy (non-hydrogen) atoms. The van der Waals surface area contributed by atoms with Crippen LogP contribution in [-0.2, 0) is 4.74 Å². The van der Waals surface area contributed by atoms with Crippen molar-refractivity contribution in [3.63, 3.8) is 0 Å². The van der Waals surface area contributed by atoms with Gasteiger partial charge in [0.1, 0.15) is 0 Å². The molecule has 1 atom stereocenters. The number of hydrogen-bond acceptors (Lipinski definition) is 3. The maximum atomic E-state index is 5.27. The molecule has 0 saturated heterocycles. The Morgan fingerprint density at radius 2 is 1.94 bits per heavy atom. The lowest BCUT2D eigenvalue weighted by atomic mass is 10.2. The van der Waals surface area contributed by atoms with Crippen molar-refractivity contribution in [3.8, 4) is 0 Å². The van der Waals surface area contributed by atoms with Crippen LogP contribution < -0.4 is 10.2 Å². The zero-order valence-electron chi connectivity index (χ0n) is 12.1. The maximum Gasteiger partial charge on any atom is 0.0633 e. The third-order valence-electron chi connectivity index (χ3n) is 3.02. The summed E-state index contributed by atoms with van der Waals surface area (Å²) in [4.78, 5) is 2.27. The van der Waals surface area contributed by atoms with Crippen LogP contribution in [0, 0.1) is 6.92 Å². The van der Waals surface area contributed by atoms with E-state index in [1.54, 1.807) is 7.11 Å². The number of aryl methyl sites for hydroxylation is 1. The van der Waals surface area contributed by atoms with Gasteiger partial charge in [0.25, 0.3) is 0 Å². The first-order valence-corrected chi connectivity index (χ1v) is 6.67. The van der Waals surface area contributed by atoms with Gasteiger partial charge in [-0.05, 0) is 32.0 Å². The fourth-order valence-corrected chi connectivity index (χ4v) is 1.96. The molecule has 0 aromatic heterocycles. The lowest BCUT2D eigenvalue weighted by Gasteiger charge is -2.26. The van der Waals surface area contributed by atoms with Crippen molar-refractivity contribution in [2.75, 3.05) is 38.8 Å². The second kappa shape index (κ2) is 8.11. The van der Waals surface area contributed by atoms with Gasteiger partial charge in [-0.3, -0.25) is 0 Å². The highest BCUT2D eigenvalue weighted by atomic mass is 16.5. The SMILES string of the molecule is CCCNC(COC)CN(C)c1ccc(C)cc1. The summed E-state index contributed by atoms with van der Waals surface area (Å²) >= 11 is 0. The van der Waals surface area contributed by atoms with E-state index in [-0.39, 0.29) is 0 Å². The highest BCUT2D eigenvalue weighted by Gasteiger charge is 2.10. The molecule has 0 bridgehead atoms. The molecule has 1 aromatic carbocycles. The van der Waals surface area contributed by atoms with Crippen molar-refractivity contribution in [2.45, 2.75) is 26.3 Å². The van der Waals surface area contributed by atoms with Gasteiger partial charge < -0.3 is 15.0 Å². The van der Waals surface area contributed by atoms with Gasteiger partial charge in [0.2, 0.25) is 0 Å². The number of benzene rings is 1. The van der Waals surface area contributed by atoms with Crippen LogP contribution in [0.2, 0.25) is 0 Å². The molecule has 0 aliphatic heterocycles. The highest BCUT2D eigenvalue weighted by molar-refractivity contribution is 5.46. The number of hydrogen-bond donors (Lipinski definition) is 1. The topological polar surface area (TPSA) is 24.5 Å². The Morgan fingerprint density at radius 3 is 2.50 bits per heavy atom. The number of nitrogens with one attached hydrogen (secondary N) is 1. The Kier molecular flexibility index (Phi) is 6.76. The van der Waals surface area contributed by atoms with Crippen molar-refractivity contribution in [2.24, 2.45) is 0 Å². The maximum absolute atomic E-state index is 5.27. The van der Waals surface area contributed by atoms with Crippen LogP contribution in [0.5, 0.6) is 0 Å². The predicted octanol–water partition coefficient (Wildman–Crippen LogP) is 2.45. The van der Waals surface area contributed by atoms with Crippen LogP contribution in [0.3, 0.4) is 0 Å². The third-order valence-corrected chi connectivity index (χ3v) is 3.02. The van der Waals surface area contributed by atoms with Gasteiger partial charge in [0.05, 0.1) is 6.61 Å². The van der Waals surface area contributed by atoms with Crippen LogP contribution in [-0.4, -0.2) is 39.9 Å². The summed E-state index contributed by atoms with van der Waals surface area (Å²) in [5.41, 5.74) is 2.55. The lowest BCUT2D eigenvalue weighted by Crippen LogP contribution is -2.43. The fraction of sp³-hybridized carbons (Fsp3) is 0.600. The Hall–Kier alpha value is -1.06. The molecule has 0 amide bonds. The molecule has 1 aromatic rings. The molecule has 0 radical (unpaired) electrons. The van der Waals surface area contributed by atoms with Crippen molar-refractivity contribution < 1.29 is 4.74 Å². The summed E-state index contributed by atoms with van der Waals surface area (Å²) in [7, 11) is 3.88. The molecule has 0 aliphatic carbocycles. The van der Waals surface area contributed by atoms with Gasteiger partial charge >= 0.3 is 0 Å². The summed E-state index contributed by atoms with van der Waals surface area (Å²) in [5.74, 6) is 0. The lowest BCUT2D eigenvalue weighted by molar-refractivity contribution is 0.168. The standard InChI is InChI=1S/C15H26N2O/c1-5-10-16-14(12-18-4)11-17(3)15-8-6-13(2)7-9-15/h6-9,14,16H,5,10-12H2,1-4H3. The van der Waals surface area contributed by atoms with Gasteiger partial charge in [-0.15, -0.1) is 0 Å². The van der Waals surface area contributed by atoms with Crippen LogP contribution in [0.15, 0.2) is 24.3 Å². The first-order valence-electron chi connectivity index (χ1n) is 6.67. The van der Waals surface area contributed by atoms with Crippen LogP contribution in [0.1, 0.15) is 18.9 Å². The van der Waals surface area contributed by atoms with Crippen LogP contribution in [0.4, 0.5) is 5.69 Å². The van der Waals surface area contributed by atoms with E-state index < -0.39 is 0 Å². The second-order valence-electron chi connectivity index (χ2n) is 4.82.